The van der Waals surface area contributed by atoms with Crippen LogP contribution in [0.5, 0.6) is 5.75 Å². The van der Waals surface area contributed by atoms with Crippen LogP contribution in [-0.2, 0) is 4.79 Å². The molecule has 0 bridgehead atoms. The average Bonchev–Trinajstić information content (AvgIpc) is 2.92. The first-order valence-corrected chi connectivity index (χ1v) is 6.37. The van der Waals surface area contributed by atoms with Crippen molar-refractivity contribution in [1.29, 1.82) is 0 Å². The molecule has 0 saturated heterocycles. The summed E-state index contributed by atoms with van der Waals surface area (Å²) >= 11 is 0.951. The molecule has 0 saturated carbocycles. The highest BCUT2D eigenvalue weighted by molar-refractivity contribution is 6.99. The van der Waals surface area contributed by atoms with Gasteiger partial charge in [0.2, 0.25) is 5.91 Å². The van der Waals surface area contributed by atoms with Crippen molar-refractivity contribution in [2.24, 2.45) is 0 Å². The minimum Gasteiger partial charge on any atom is -0.495 e. The van der Waals surface area contributed by atoms with Crippen LogP contribution in [0.25, 0.3) is 0 Å². The number of aromatic nitrogens is 2. The molecule has 104 valence electrons. The summed E-state index contributed by atoms with van der Waals surface area (Å²) in [6.07, 6.45) is 1.38. The van der Waals surface area contributed by atoms with E-state index < -0.39 is 5.91 Å². The Morgan fingerprint density at radius 3 is 2.70 bits per heavy atom. The quantitative estimate of drug-likeness (QED) is 0.895. The Morgan fingerprint density at radius 2 is 2.10 bits per heavy atom. The molecular weight excluding hydrogens is 280 g/mol. The van der Waals surface area contributed by atoms with Crippen LogP contribution in [0.2, 0.25) is 0 Å². The van der Waals surface area contributed by atoms with Gasteiger partial charge in [0, 0.05) is 12.6 Å². The van der Waals surface area contributed by atoms with Crippen molar-refractivity contribution < 1.29 is 14.3 Å². The fourth-order valence-electron chi connectivity index (χ4n) is 1.54. The van der Waals surface area contributed by atoms with Crippen molar-refractivity contribution >= 4 is 34.9 Å². The molecule has 1 heterocycles. The minimum absolute atomic E-state index is 0.198. The number of nitrogens with one attached hydrogen (secondary N) is 2. The van der Waals surface area contributed by atoms with E-state index in [1.54, 1.807) is 18.2 Å². The van der Waals surface area contributed by atoms with Crippen LogP contribution in [0.15, 0.2) is 24.4 Å². The average molecular weight is 292 g/mol. The van der Waals surface area contributed by atoms with Gasteiger partial charge in [-0.05, 0) is 18.2 Å². The monoisotopic (exact) mass is 292 g/mol. The Balaban J connectivity index is 2.24. The largest absolute Gasteiger partial charge is 0.495 e. The first-order chi connectivity index (χ1) is 9.60. The van der Waals surface area contributed by atoms with Crippen molar-refractivity contribution in [3.8, 4) is 5.75 Å². The van der Waals surface area contributed by atoms with Crippen LogP contribution in [-0.4, -0.2) is 27.7 Å². The second kappa shape index (κ2) is 6.11. The van der Waals surface area contributed by atoms with E-state index in [9.17, 15) is 9.59 Å². The second-order valence-electron chi connectivity index (χ2n) is 3.84. The molecule has 1 aromatic carbocycles. The van der Waals surface area contributed by atoms with Crippen molar-refractivity contribution in [2.45, 2.75) is 6.92 Å². The van der Waals surface area contributed by atoms with Gasteiger partial charge < -0.3 is 15.4 Å². The van der Waals surface area contributed by atoms with Crippen molar-refractivity contribution in [3.63, 3.8) is 0 Å². The first kappa shape index (κ1) is 13.9. The Hall–Kier alpha value is -2.48. The number of anilines is 2. The van der Waals surface area contributed by atoms with Crippen LogP contribution < -0.4 is 15.4 Å². The lowest BCUT2D eigenvalue weighted by molar-refractivity contribution is -0.114. The lowest BCUT2D eigenvalue weighted by Gasteiger charge is -2.11. The Labute approximate surface area is 119 Å². The standard InChI is InChI=1S/C12H12N4O3S/c1-7(17)14-8-3-4-11(19-2)9(5-8)15-12(18)10-6-13-20-16-10/h3-6H,1-2H3,(H,14,17)(H,15,18). The third-order valence-electron chi connectivity index (χ3n) is 2.36. The van der Waals surface area contributed by atoms with E-state index in [1.165, 1.54) is 20.2 Å². The molecule has 0 radical (unpaired) electrons. The summed E-state index contributed by atoms with van der Waals surface area (Å²) in [6, 6.07) is 4.94. The molecule has 0 aliphatic heterocycles. The number of nitrogens with zero attached hydrogens (tertiary/aromatic N) is 2. The van der Waals surface area contributed by atoms with E-state index >= 15 is 0 Å². The zero-order chi connectivity index (χ0) is 14.5. The molecule has 0 spiro atoms. The van der Waals surface area contributed by atoms with E-state index in [0.29, 0.717) is 17.1 Å². The summed E-state index contributed by atoms with van der Waals surface area (Å²) in [5.41, 5.74) is 1.23. The number of carbonyl (C=O) groups excluding carboxylic acids is 2. The molecule has 2 N–H and O–H groups in total. The number of hydrogen-bond acceptors (Lipinski definition) is 6. The van der Waals surface area contributed by atoms with Crippen LogP contribution in [0, 0.1) is 0 Å². The topological polar surface area (TPSA) is 93.2 Å². The van der Waals surface area contributed by atoms with Crippen molar-refractivity contribution in [3.05, 3.63) is 30.1 Å². The maximum Gasteiger partial charge on any atom is 0.277 e. The van der Waals surface area contributed by atoms with Gasteiger partial charge in [0.1, 0.15) is 5.75 Å². The fourth-order valence-corrected chi connectivity index (χ4v) is 1.95. The third kappa shape index (κ3) is 3.29. The number of hydrogen-bond donors (Lipinski definition) is 2. The van der Waals surface area contributed by atoms with Gasteiger partial charge in [-0.1, -0.05) is 0 Å². The number of amides is 2. The zero-order valence-corrected chi connectivity index (χ0v) is 11.7. The number of methoxy groups -OCH3 is 1. The van der Waals surface area contributed by atoms with Gasteiger partial charge in [-0.25, -0.2) is 0 Å². The van der Waals surface area contributed by atoms with Crippen LogP contribution in [0.1, 0.15) is 17.4 Å². The summed E-state index contributed by atoms with van der Waals surface area (Å²) in [7, 11) is 1.49. The molecule has 2 rings (SSSR count). The maximum absolute atomic E-state index is 11.9. The lowest BCUT2D eigenvalue weighted by Crippen LogP contribution is -2.13. The third-order valence-corrected chi connectivity index (χ3v) is 2.84. The molecule has 2 aromatic rings. The van der Waals surface area contributed by atoms with Crippen LogP contribution >= 0.6 is 11.7 Å². The normalized spacial score (nSPS) is 9.90. The van der Waals surface area contributed by atoms with E-state index in [0.717, 1.165) is 11.7 Å². The maximum atomic E-state index is 11.9. The summed E-state index contributed by atoms with van der Waals surface area (Å²) in [5.74, 6) is -0.108. The van der Waals surface area contributed by atoms with Gasteiger partial charge in [-0.3, -0.25) is 9.59 Å². The minimum atomic E-state index is -0.392. The molecular formula is C12H12N4O3S. The van der Waals surface area contributed by atoms with Gasteiger partial charge in [0.15, 0.2) is 5.69 Å². The fraction of sp³-hybridized carbons (Fsp3) is 0.167. The summed E-state index contributed by atoms with van der Waals surface area (Å²) in [5, 5.41) is 5.30. The predicted molar refractivity (Wildman–Crippen MR) is 75.2 cm³/mol. The Kier molecular flexibility index (Phi) is 4.26. The Bertz CT molecular complexity index is 628. The molecule has 8 heteroatoms. The van der Waals surface area contributed by atoms with Crippen molar-refractivity contribution in [2.75, 3.05) is 17.7 Å². The molecule has 20 heavy (non-hydrogen) atoms. The van der Waals surface area contributed by atoms with Crippen LogP contribution in [0.4, 0.5) is 11.4 Å². The number of benzene rings is 1. The molecule has 2 amide bonds. The number of rotatable bonds is 4. The SMILES string of the molecule is COc1ccc(NC(C)=O)cc1NC(=O)c1cnsn1. The molecule has 7 nitrogen and oxygen atoms in total. The molecule has 0 fully saturated rings. The Morgan fingerprint density at radius 1 is 1.30 bits per heavy atom. The summed E-state index contributed by atoms with van der Waals surface area (Å²) in [6.45, 7) is 1.41. The van der Waals surface area contributed by atoms with Crippen molar-refractivity contribution in [1.82, 2.24) is 8.75 Å². The first-order valence-electron chi connectivity index (χ1n) is 5.64. The van der Waals surface area contributed by atoms with E-state index in [4.69, 9.17) is 4.74 Å². The van der Waals surface area contributed by atoms with Crippen LogP contribution in [0.3, 0.4) is 0 Å². The molecule has 0 atom stereocenters. The predicted octanol–water partition coefficient (Wildman–Crippen LogP) is 1.76. The van der Waals surface area contributed by atoms with E-state index in [1.807, 2.05) is 0 Å². The highest BCUT2D eigenvalue weighted by atomic mass is 32.1. The van der Waals surface area contributed by atoms with E-state index in [2.05, 4.69) is 19.4 Å². The van der Waals surface area contributed by atoms with Gasteiger partial charge in [0.05, 0.1) is 30.7 Å². The van der Waals surface area contributed by atoms with Gasteiger partial charge in [0.25, 0.3) is 5.91 Å². The smallest absolute Gasteiger partial charge is 0.277 e. The summed E-state index contributed by atoms with van der Waals surface area (Å²) in [4.78, 5) is 23.0. The molecule has 0 aliphatic carbocycles. The second-order valence-corrected chi connectivity index (χ2v) is 4.40. The summed E-state index contributed by atoms with van der Waals surface area (Å²) < 4.78 is 12.8. The van der Waals surface area contributed by atoms with Gasteiger partial charge in [-0.15, -0.1) is 0 Å². The highest BCUT2D eigenvalue weighted by Crippen LogP contribution is 2.28. The lowest BCUT2D eigenvalue weighted by atomic mass is 10.2. The zero-order valence-electron chi connectivity index (χ0n) is 10.8. The number of carbonyl (C=O) groups is 2. The van der Waals surface area contributed by atoms with Gasteiger partial charge >= 0.3 is 0 Å². The van der Waals surface area contributed by atoms with Gasteiger partial charge in [-0.2, -0.15) is 8.75 Å². The van der Waals surface area contributed by atoms with E-state index in [-0.39, 0.29) is 11.6 Å². The molecule has 0 aliphatic rings. The number of ether oxygens (including phenoxy) is 1. The molecule has 1 aromatic heterocycles. The molecule has 0 unspecified atom stereocenters. The highest BCUT2D eigenvalue weighted by Gasteiger charge is 2.13.